The molecule has 24 heavy (non-hydrogen) atoms. The van der Waals surface area contributed by atoms with Gasteiger partial charge in [-0.2, -0.15) is 5.10 Å². The Morgan fingerprint density at radius 3 is 2.71 bits per heavy atom. The third-order valence-electron chi connectivity index (χ3n) is 3.79. The summed E-state index contributed by atoms with van der Waals surface area (Å²) in [6, 6.07) is 20.9. The molecule has 0 aliphatic heterocycles. The third kappa shape index (κ3) is 2.63. The van der Waals surface area contributed by atoms with Gasteiger partial charge in [0, 0.05) is 17.1 Å². The number of anilines is 1. The van der Waals surface area contributed by atoms with Gasteiger partial charge in [0.25, 0.3) is 5.91 Å². The SMILES string of the molecule is O=C(Nc1cccc2ncccc12)c1cc(-c2ccccc2)n[nH]1. The van der Waals surface area contributed by atoms with Gasteiger partial charge in [0.15, 0.2) is 0 Å². The molecule has 0 bridgehead atoms. The Morgan fingerprint density at radius 1 is 0.958 bits per heavy atom. The molecule has 2 aromatic carbocycles. The van der Waals surface area contributed by atoms with Crippen molar-refractivity contribution >= 4 is 22.5 Å². The fourth-order valence-electron chi connectivity index (χ4n) is 2.60. The number of rotatable bonds is 3. The summed E-state index contributed by atoms with van der Waals surface area (Å²) in [4.78, 5) is 16.8. The molecule has 0 saturated heterocycles. The Labute approximate surface area is 138 Å². The van der Waals surface area contributed by atoms with Crippen molar-refractivity contribution in [3.05, 3.63) is 78.6 Å². The van der Waals surface area contributed by atoms with Gasteiger partial charge >= 0.3 is 0 Å². The van der Waals surface area contributed by atoms with Crippen molar-refractivity contribution in [1.82, 2.24) is 15.2 Å². The first-order valence-corrected chi connectivity index (χ1v) is 7.57. The van der Waals surface area contributed by atoms with Gasteiger partial charge in [-0.05, 0) is 30.3 Å². The summed E-state index contributed by atoms with van der Waals surface area (Å²) in [5.74, 6) is -0.235. The molecule has 116 valence electrons. The minimum absolute atomic E-state index is 0.235. The molecule has 0 unspecified atom stereocenters. The highest BCUT2D eigenvalue weighted by molar-refractivity contribution is 6.08. The predicted octanol–water partition coefficient (Wildman–Crippen LogP) is 3.88. The van der Waals surface area contributed by atoms with Gasteiger partial charge in [0.05, 0.1) is 16.9 Å². The van der Waals surface area contributed by atoms with Crippen molar-refractivity contribution in [3.8, 4) is 11.3 Å². The van der Waals surface area contributed by atoms with Crippen LogP contribution in [0.25, 0.3) is 22.2 Å². The minimum Gasteiger partial charge on any atom is -0.320 e. The van der Waals surface area contributed by atoms with E-state index in [1.165, 1.54) is 0 Å². The molecule has 0 radical (unpaired) electrons. The van der Waals surface area contributed by atoms with Gasteiger partial charge in [-0.3, -0.25) is 14.9 Å². The van der Waals surface area contributed by atoms with E-state index in [-0.39, 0.29) is 5.91 Å². The Hall–Kier alpha value is -3.47. The Morgan fingerprint density at radius 2 is 1.83 bits per heavy atom. The van der Waals surface area contributed by atoms with E-state index in [1.54, 1.807) is 12.3 Å². The summed E-state index contributed by atoms with van der Waals surface area (Å²) < 4.78 is 0. The number of carbonyl (C=O) groups excluding carboxylic acids is 1. The summed E-state index contributed by atoms with van der Waals surface area (Å²) in [6.45, 7) is 0. The summed E-state index contributed by atoms with van der Waals surface area (Å²) >= 11 is 0. The van der Waals surface area contributed by atoms with Crippen LogP contribution in [-0.4, -0.2) is 21.1 Å². The van der Waals surface area contributed by atoms with Gasteiger partial charge < -0.3 is 5.32 Å². The lowest BCUT2D eigenvalue weighted by atomic mass is 10.1. The quantitative estimate of drug-likeness (QED) is 0.603. The number of benzene rings is 2. The molecular formula is C19H14N4O. The number of nitrogens with one attached hydrogen (secondary N) is 2. The van der Waals surface area contributed by atoms with Crippen molar-refractivity contribution in [2.75, 3.05) is 5.32 Å². The van der Waals surface area contributed by atoms with Crippen molar-refractivity contribution < 1.29 is 4.79 Å². The second kappa shape index (κ2) is 5.96. The molecule has 0 aliphatic carbocycles. The largest absolute Gasteiger partial charge is 0.320 e. The first-order valence-electron chi connectivity index (χ1n) is 7.57. The maximum atomic E-state index is 12.5. The number of nitrogens with zero attached hydrogens (tertiary/aromatic N) is 2. The van der Waals surface area contributed by atoms with E-state index in [4.69, 9.17) is 0 Å². The minimum atomic E-state index is -0.235. The first-order chi connectivity index (χ1) is 11.8. The number of hydrogen-bond acceptors (Lipinski definition) is 3. The van der Waals surface area contributed by atoms with Crippen LogP contribution in [0.15, 0.2) is 72.9 Å². The normalized spacial score (nSPS) is 10.7. The number of fused-ring (bicyclic) bond motifs is 1. The smallest absolute Gasteiger partial charge is 0.273 e. The van der Waals surface area contributed by atoms with Crippen LogP contribution in [0.3, 0.4) is 0 Å². The average molecular weight is 314 g/mol. The zero-order valence-electron chi connectivity index (χ0n) is 12.7. The lowest BCUT2D eigenvalue weighted by molar-refractivity contribution is 0.102. The van der Waals surface area contributed by atoms with Crippen LogP contribution >= 0.6 is 0 Å². The summed E-state index contributed by atoms with van der Waals surface area (Å²) in [5, 5.41) is 10.8. The molecule has 0 aliphatic rings. The Balaban J connectivity index is 1.62. The molecule has 0 spiro atoms. The fraction of sp³-hybridized carbons (Fsp3) is 0. The van der Waals surface area contributed by atoms with Crippen LogP contribution in [-0.2, 0) is 0 Å². The van der Waals surface area contributed by atoms with E-state index in [0.717, 1.165) is 27.8 Å². The zero-order valence-corrected chi connectivity index (χ0v) is 12.7. The van der Waals surface area contributed by atoms with Crippen LogP contribution in [0.2, 0.25) is 0 Å². The first kappa shape index (κ1) is 14.1. The van der Waals surface area contributed by atoms with Crippen molar-refractivity contribution in [2.45, 2.75) is 0 Å². The molecule has 2 aromatic heterocycles. The van der Waals surface area contributed by atoms with Gasteiger partial charge in [-0.1, -0.05) is 36.4 Å². The fourth-order valence-corrected chi connectivity index (χ4v) is 2.60. The Kier molecular flexibility index (Phi) is 3.51. The van der Waals surface area contributed by atoms with Crippen molar-refractivity contribution in [3.63, 3.8) is 0 Å². The molecule has 0 saturated carbocycles. The number of aromatic amines is 1. The number of carbonyl (C=O) groups is 1. The van der Waals surface area contributed by atoms with Crippen LogP contribution in [0.4, 0.5) is 5.69 Å². The number of H-pyrrole nitrogens is 1. The molecule has 5 nitrogen and oxygen atoms in total. The molecule has 2 N–H and O–H groups in total. The summed E-state index contributed by atoms with van der Waals surface area (Å²) in [6.07, 6.45) is 1.73. The maximum Gasteiger partial charge on any atom is 0.273 e. The second-order valence-electron chi connectivity index (χ2n) is 5.36. The van der Waals surface area contributed by atoms with E-state index in [9.17, 15) is 4.79 Å². The highest BCUT2D eigenvalue weighted by Gasteiger charge is 2.12. The summed E-state index contributed by atoms with van der Waals surface area (Å²) in [7, 11) is 0. The molecule has 1 amide bonds. The van der Waals surface area contributed by atoms with E-state index in [2.05, 4.69) is 20.5 Å². The monoisotopic (exact) mass is 314 g/mol. The second-order valence-corrected chi connectivity index (χ2v) is 5.36. The number of amides is 1. The number of pyridine rings is 1. The average Bonchev–Trinajstić information content (AvgIpc) is 3.13. The van der Waals surface area contributed by atoms with Crippen LogP contribution < -0.4 is 5.32 Å². The highest BCUT2D eigenvalue weighted by Crippen LogP contribution is 2.22. The Bertz CT molecular complexity index is 1000. The standard InChI is InChI=1S/C19H14N4O/c24-19(18-12-17(22-23-18)13-6-2-1-3-7-13)21-16-10-4-9-15-14(16)8-5-11-20-15/h1-12H,(H,21,24)(H,22,23). The van der Waals surface area contributed by atoms with E-state index in [1.807, 2.05) is 60.7 Å². The van der Waals surface area contributed by atoms with E-state index >= 15 is 0 Å². The molecule has 2 heterocycles. The van der Waals surface area contributed by atoms with Crippen molar-refractivity contribution in [2.24, 2.45) is 0 Å². The van der Waals surface area contributed by atoms with Gasteiger partial charge in [0.2, 0.25) is 0 Å². The molecule has 4 aromatic rings. The van der Waals surface area contributed by atoms with E-state index < -0.39 is 0 Å². The lowest BCUT2D eigenvalue weighted by Crippen LogP contribution is -2.12. The van der Waals surface area contributed by atoms with Crippen LogP contribution in [0.5, 0.6) is 0 Å². The number of hydrogen-bond donors (Lipinski definition) is 2. The van der Waals surface area contributed by atoms with Gasteiger partial charge in [-0.25, -0.2) is 0 Å². The molecular weight excluding hydrogens is 300 g/mol. The van der Waals surface area contributed by atoms with Crippen molar-refractivity contribution in [1.29, 1.82) is 0 Å². The predicted molar refractivity (Wildman–Crippen MR) is 93.7 cm³/mol. The zero-order chi connectivity index (χ0) is 16.4. The third-order valence-corrected chi connectivity index (χ3v) is 3.79. The topological polar surface area (TPSA) is 70.7 Å². The van der Waals surface area contributed by atoms with Crippen LogP contribution in [0, 0.1) is 0 Å². The molecule has 5 heteroatoms. The van der Waals surface area contributed by atoms with Gasteiger partial charge in [0.1, 0.15) is 5.69 Å². The number of aromatic nitrogens is 3. The molecule has 0 fully saturated rings. The van der Waals surface area contributed by atoms with Gasteiger partial charge in [-0.15, -0.1) is 0 Å². The molecule has 4 rings (SSSR count). The summed E-state index contributed by atoms with van der Waals surface area (Å²) in [5.41, 5.74) is 3.67. The lowest BCUT2D eigenvalue weighted by Gasteiger charge is -2.06. The molecule has 0 atom stereocenters. The van der Waals surface area contributed by atoms with Crippen LogP contribution in [0.1, 0.15) is 10.5 Å². The van der Waals surface area contributed by atoms with E-state index in [0.29, 0.717) is 5.69 Å². The highest BCUT2D eigenvalue weighted by atomic mass is 16.1. The maximum absolute atomic E-state index is 12.5.